The SMILES string of the molecule is Cc1ccccc1S(=O)(=O)N1CC(CNC(=O)C2CC2)C2(CCCCC2)C1. The minimum absolute atomic E-state index is 0.0187. The molecule has 4 rings (SSSR count). The highest BCUT2D eigenvalue weighted by Gasteiger charge is 2.50. The van der Waals surface area contributed by atoms with Gasteiger partial charge >= 0.3 is 0 Å². The summed E-state index contributed by atoms with van der Waals surface area (Å²) >= 11 is 0. The fourth-order valence-electron chi connectivity index (χ4n) is 4.97. The Hall–Kier alpha value is -1.40. The quantitative estimate of drug-likeness (QED) is 0.840. The predicted molar refractivity (Wildman–Crippen MR) is 105 cm³/mol. The van der Waals surface area contributed by atoms with Crippen molar-refractivity contribution < 1.29 is 13.2 Å². The van der Waals surface area contributed by atoms with Crippen LogP contribution in [0.3, 0.4) is 0 Å². The van der Waals surface area contributed by atoms with Crippen LogP contribution in [0, 0.1) is 24.2 Å². The van der Waals surface area contributed by atoms with Gasteiger partial charge in [0.15, 0.2) is 0 Å². The smallest absolute Gasteiger partial charge is 0.243 e. The molecule has 27 heavy (non-hydrogen) atoms. The summed E-state index contributed by atoms with van der Waals surface area (Å²) in [5.74, 6) is 0.556. The molecule has 2 saturated carbocycles. The average Bonchev–Trinajstić information content (AvgIpc) is 3.45. The molecule has 1 saturated heterocycles. The summed E-state index contributed by atoms with van der Waals surface area (Å²) in [6, 6.07) is 7.23. The molecule has 1 aromatic rings. The molecule has 1 amide bonds. The number of nitrogens with one attached hydrogen (secondary N) is 1. The van der Waals surface area contributed by atoms with Crippen LogP contribution < -0.4 is 5.32 Å². The maximum Gasteiger partial charge on any atom is 0.243 e. The first-order valence-electron chi connectivity index (χ1n) is 10.3. The Labute approximate surface area is 162 Å². The second-order valence-corrected chi connectivity index (χ2v) is 10.6. The molecule has 1 aliphatic heterocycles. The van der Waals surface area contributed by atoms with Gasteiger partial charge < -0.3 is 5.32 Å². The first kappa shape index (κ1) is 18.9. The minimum atomic E-state index is -3.50. The lowest BCUT2D eigenvalue weighted by Gasteiger charge is -2.38. The maximum absolute atomic E-state index is 13.3. The monoisotopic (exact) mass is 390 g/mol. The highest BCUT2D eigenvalue weighted by molar-refractivity contribution is 7.89. The molecule has 6 heteroatoms. The molecule has 3 aliphatic rings. The van der Waals surface area contributed by atoms with Crippen LogP contribution in [-0.2, 0) is 14.8 Å². The van der Waals surface area contributed by atoms with E-state index in [2.05, 4.69) is 5.32 Å². The van der Waals surface area contributed by atoms with E-state index in [1.165, 1.54) is 6.42 Å². The van der Waals surface area contributed by atoms with Crippen molar-refractivity contribution in [2.45, 2.75) is 56.8 Å². The molecule has 0 bridgehead atoms. The summed E-state index contributed by atoms with van der Waals surface area (Å²) in [7, 11) is -3.50. The summed E-state index contributed by atoms with van der Waals surface area (Å²) in [5.41, 5.74) is 0.811. The zero-order valence-electron chi connectivity index (χ0n) is 16.1. The molecule has 1 aromatic carbocycles. The molecule has 1 atom stereocenters. The van der Waals surface area contributed by atoms with E-state index in [-0.39, 0.29) is 23.2 Å². The molecule has 1 heterocycles. The van der Waals surface area contributed by atoms with E-state index in [9.17, 15) is 13.2 Å². The summed E-state index contributed by atoms with van der Waals surface area (Å²) in [6.45, 7) is 3.57. The Balaban J connectivity index is 1.56. The zero-order valence-corrected chi connectivity index (χ0v) is 16.9. The standard InChI is InChI=1S/C21H30N2O3S/c1-16-7-3-4-8-19(16)27(25,26)23-14-18(13-22-20(24)17-9-10-17)21(15-23)11-5-2-6-12-21/h3-4,7-8,17-18H,2,5-6,9-15H2,1H3,(H,22,24). The van der Waals surface area contributed by atoms with Crippen LogP contribution in [0.5, 0.6) is 0 Å². The predicted octanol–water partition coefficient (Wildman–Crippen LogP) is 3.09. The van der Waals surface area contributed by atoms with Gasteiger partial charge in [0.1, 0.15) is 0 Å². The van der Waals surface area contributed by atoms with Crippen LogP contribution in [-0.4, -0.2) is 38.3 Å². The largest absolute Gasteiger partial charge is 0.356 e. The first-order chi connectivity index (χ1) is 12.9. The van der Waals surface area contributed by atoms with E-state index in [0.717, 1.165) is 44.1 Å². The number of amides is 1. The third-order valence-corrected chi connectivity index (χ3v) is 8.78. The van der Waals surface area contributed by atoms with Gasteiger partial charge in [0.25, 0.3) is 0 Å². The van der Waals surface area contributed by atoms with Gasteiger partial charge in [0, 0.05) is 25.6 Å². The zero-order chi connectivity index (χ0) is 19.1. The van der Waals surface area contributed by atoms with Crippen molar-refractivity contribution in [2.75, 3.05) is 19.6 Å². The van der Waals surface area contributed by atoms with Gasteiger partial charge in [0.2, 0.25) is 15.9 Å². The molecule has 0 aromatic heterocycles. The van der Waals surface area contributed by atoms with Crippen LogP contribution in [0.2, 0.25) is 0 Å². The van der Waals surface area contributed by atoms with Gasteiger partial charge in [-0.2, -0.15) is 4.31 Å². The Bertz CT molecular complexity index is 810. The fraction of sp³-hybridized carbons (Fsp3) is 0.667. The maximum atomic E-state index is 13.3. The number of hydrogen-bond acceptors (Lipinski definition) is 3. The number of nitrogens with zero attached hydrogens (tertiary/aromatic N) is 1. The lowest BCUT2D eigenvalue weighted by molar-refractivity contribution is -0.122. The Morgan fingerprint density at radius 2 is 1.89 bits per heavy atom. The van der Waals surface area contributed by atoms with Crippen molar-refractivity contribution >= 4 is 15.9 Å². The number of aryl methyl sites for hydroxylation is 1. The fourth-order valence-corrected chi connectivity index (χ4v) is 6.78. The van der Waals surface area contributed by atoms with Crippen LogP contribution in [0.1, 0.15) is 50.5 Å². The van der Waals surface area contributed by atoms with Crippen molar-refractivity contribution in [3.63, 3.8) is 0 Å². The van der Waals surface area contributed by atoms with Crippen LogP contribution >= 0.6 is 0 Å². The molecule has 5 nitrogen and oxygen atoms in total. The van der Waals surface area contributed by atoms with E-state index in [4.69, 9.17) is 0 Å². The molecule has 1 unspecified atom stereocenters. The van der Waals surface area contributed by atoms with E-state index in [0.29, 0.717) is 24.5 Å². The lowest BCUT2D eigenvalue weighted by Crippen LogP contribution is -2.40. The Morgan fingerprint density at radius 1 is 1.19 bits per heavy atom. The van der Waals surface area contributed by atoms with Crippen LogP contribution in [0.4, 0.5) is 0 Å². The second kappa shape index (κ2) is 7.21. The third-order valence-electron chi connectivity index (χ3n) is 6.81. The minimum Gasteiger partial charge on any atom is -0.356 e. The molecule has 148 valence electrons. The van der Waals surface area contributed by atoms with Crippen LogP contribution in [0.25, 0.3) is 0 Å². The first-order valence-corrected chi connectivity index (χ1v) is 11.7. The van der Waals surface area contributed by atoms with Crippen LogP contribution in [0.15, 0.2) is 29.2 Å². The molecular formula is C21H30N2O3S. The van der Waals surface area contributed by atoms with E-state index < -0.39 is 10.0 Å². The summed E-state index contributed by atoms with van der Waals surface area (Å²) < 4.78 is 28.3. The highest BCUT2D eigenvalue weighted by atomic mass is 32.2. The normalized spacial score (nSPS) is 25.6. The summed E-state index contributed by atoms with van der Waals surface area (Å²) in [5, 5.41) is 3.12. The topological polar surface area (TPSA) is 66.5 Å². The van der Waals surface area contributed by atoms with Crippen molar-refractivity contribution in [3.05, 3.63) is 29.8 Å². The summed E-state index contributed by atoms with van der Waals surface area (Å²) in [6.07, 6.45) is 7.67. The Kier molecular flexibility index (Phi) is 5.06. The van der Waals surface area contributed by atoms with Crippen molar-refractivity contribution in [2.24, 2.45) is 17.3 Å². The molecular weight excluding hydrogens is 360 g/mol. The van der Waals surface area contributed by atoms with Gasteiger partial charge in [0.05, 0.1) is 4.90 Å². The number of carbonyl (C=O) groups excluding carboxylic acids is 1. The van der Waals surface area contributed by atoms with E-state index >= 15 is 0 Å². The van der Waals surface area contributed by atoms with Crippen molar-refractivity contribution in [1.82, 2.24) is 9.62 Å². The number of rotatable bonds is 5. The number of sulfonamides is 1. The van der Waals surface area contributed by atoms with E-state index in [1.807, 2.05) is 19.1 Å². The Morgan fingerprint density at radius 3 is 2.56 bits per heavy atom. The summed E-state index contributed by atoms with van der Waals surface area (Å²) in [4.78, 5) is 12.6. The molecule has 1 spiro atoms. The lowest BCUT2D eigenvalue weighted by atomic mass is 9.68. The van der Waals surface area contributed by atoms with Crippen molar-refractivity contribution in [1.29, 1.82) is 0 Å². The highest BCUT2D eigenvalue weighted by Crippen LogP contribution is 2.48. The molecule has 0 radical (unpaired) electrons. The molecule has 2 aliphatic carbocycles. The number of benzene rings is 1. The van der Waals surface area contributed by atoms with Gasteiger partial charge in [-0.05, 0) is 55.6 Å². The van der Waals surface area contributed by atoms with Gasteiger partial charge in [-0.25, -0.2) is 8.42 Å². The van der Waals surface area contributed by atoms with Crippen molar-refractivity contribution in [3.8, 4) is 0 Å². The number of hydrogen-bond donors (Lipinski definition) is 1. The number of carbonyl (C=O) groups is 1. The molecule has 1 N–H and O–H groups in total. The molecule has 3 fully saturated rings. The van der Waals surface area contributed by atoms with Gasteiger partial charge in [-0.1, -0.05) is 37.5 Å². The third kappa shape index (κ3) is 3.66. The van der Waals surface area contributed by atoms with Gasteiger partial charge in [-0.15, -0.1) is 0 Å². The second-order valence-electron chi connectivity index (χ2n) is 8.70. The van der Waals surface area contributed by atoms with Gasteiger partial charge in [-0.3, -0.25) is 4.79 Å². The average molecular weight is 391 g/mol. The van der Waals surface area contributed by atoms with E-state index in [1.54, 1.807) is 16.4 Å².